The molecule has 0 saturated heterocycles. The van der Waals surface area contributed by atoms with E-state index in [9.17, 15) is 15.0 Å². The average molecular weight is 284 g/mol. The fraction of sp³-hybridized carbons (Fsp3) is 0.643. The number of furan rings is 1. The van der Waals surface area contributed by atoms with Crippen molar-refractivity contribution in [3.8, 4) is 0 Å². The van der Waals surface area contributed by atoms with E-state index in [1.807, 2.05) is 13.8 Å². The molecule has 1 aromatic rings. The van der Waals surface area contributed by atoms with Gasteiger partial charge in [-0.25, -0.2) is 0 Å². The van der Waals surface area contributed by atoms with Crippen LogP contribution in [-0.4, -0.2) is 52.9 Å². The Kier molecular flexibility index (Phi) is 6.70. The van der Waals surface area contributed by atoms with E-state index in [1.54, 1.807) is 30.2 Å². The van der Waals surface area contributed by atoms with Gasteiger partial charge in [0.2, 0.25) is 5.91 Å². The number of hydrogen-bond donors (Lipinski definition) is 3. The third-order valence-electron chi connectivity index (χ3n) is 3.08. The lowest BCUT2D eigenvalue weighted by Gasteiger charge is -2.28. The second kappa shape index (κ2) is 8.04. The van der Waals surface area contributed by atoms with Crippen molar-refractivity contribution in [2.75, 3.05) is 19.7 Å². The number of aliphatic hydroxyl groups is 2. The first kappa shape index (κ1) is 16.7. The lowest BCUT2D eigenvalue weighted by atomic mass is 10.2. The number of carbonyl (C=O) groups is 1. The number of rotatable bonds is 8. The molecule has 0 aliphatic heterocycles. The van der Waals surface area contributed by atoms with Gasteiger partial charge in [-0.1, -0.05) is 0 Å². The van der Waals surface area contributed by atoms with Crippen LogP contribution in [0.15, 0.2) is 22.8 Å². The zero-order chi connectivity index (χ0) is 15.1. The van der Waals surface area contributed by atoms with E-state index in [-0.39, 0.29) is 31.1 Å². The fourth-order valence-corrected chi connectivity index (χ4v) is 1.94. The van der Waals surface area contributed by atoms with Crippen molar-refractivity contribution in [2.24, 2.45) is 0 Å². The van der Waals surface area contributed by atoms with E-state index in [0.717, 1.165) is 0 Å². The van der Waals surface area contributed by atoms with Crippen LogP contribution in [0.4, 0.5) is 0 Å². The molecule has 1 heterocycles. The molecule has 0 aliphatic rings. The summed E-state index contributed by atoms with van der Waals surface area (Å²) >= 11 is 0. The predicted molar refractivity (Wildman–Crippen MR) is 75.1 cm³/mol. The van der Waals surface area contributed by atoms with Crippen molar-refractivity contribution in [2.45, 2.75) is 39.0 Å². The highest BCUT2D eigenvalue weighted by atomic mass is 16.3. The zero-order valence-electron chi connectivity index (χ0n) is 12.2. The van der Waals surface area contributed by atoms with E-state index in [4.69, 9.17) is 4.42 Å². The quantitative estimate of drug-likeness (QED) is 0.648. The molecule has 3 N–H and O–H groups in total. The second-order valence-electron chi connectivity index (χ2n) is 5.11. The van der Waals surface area contributed by atoms with E-state index in [0.29, 0.717) is 12.3 Å². The van der Waals surface area contributed by atoms with Crippen molar-refractivity contribution >= 4 is 5.91 Å². The molecule has 1 amide bonds. The summed E-state index contributed by atoms with van der Waals surface area (Å²) in [4.78, 5) is 13.7. The summed E-state index contributed by atoms with van der Waals surface area (Å²) in [6.45, 7) is 5.70. The van der Waals surface area contributed by atoms with Gasteiger partial charge in [-0.15, -0.1) is 0 Å². The Morgan fingerprint density at radius 3 is 2.65 bits per heavy atom. The van der Waals surface area contributed by atoms with Gasteiger partial charge in [0.1, 0.15) is 5.76 Å². The Morgan fingerprint density at radius 2 is 2.15 bits per heavy atom. The van der Waals surface area contributed by atoms with Crippen molar-refractivity contribution in [1.82, 2.24) is 10.2 Å². The van der Waals surface area contributed by atoms with Gasteiger partial charge in [0.05, 0.1) is 31.6 Å². The van der Waals surface area contributed by atoms with Crippen LogP contribution in [0, 0.1) is 0 Å². The van der Waals surface area contributed by atoms with Crippen LogP contribution >= 0.6 is 0 Å². The lowest BCUT2D eigenvalue weighted by Crippen LogP contribution is -2.46. The van der Waals surface area contributed by atoms with Crippen LogP contribution in [0.2, 0.25) is 0 Å². The highest BCUT2D eigenvalue weighted by Gasteiger charge is 2.20. The zero-order valence-corrected chi connectivity index (χ0v) is 12.2. The standard InChI is InChI=1S/C14H24N2O4/c1-10(9-17)16(7-11(2)18)8-14(19)15-12(3)13-5-4-6-20-13/h4-6,10-12,17-18H,7-9H2,1-3H3,(H,15,19). The molecule has 1 aromatic heterocycles. The Hall–Kier alpha value is -1.37. The summed E-state index contributed by atoms with van der Waals surface area (Å²) < 4.78 is 5.23. The SMILES string of the molecule is CC(O)CN(CC(=O)NC(C)c1ccco1)C(C)CO. The van der Waals surface area contributed by atoms with Crippen LogP contribution in [0.5, 0.6) is 0 Å². The molecule has 0 bridgehead atoms. The Morgan fingerprint density at radius 1 is 1.45 bits per heavy atom. The number of hydrogen-bond acceptors (Lipinski definition) is 5. The van der Waals surface area contributed by atoms with E-state index >= 15 is 0 Å². The molecule has 0 spiro atoms. The normalized spacial score (nSPS) is 15.9. The van der Waals surface area contributed by atoms with Gasteiger partial charge in [-0.05, 0) is 32.9 Å². The molecule has 3 unspecified atom stereocenters. The smallest absolute Gasteiger partial charge is 0.234 e. The maximum Gasteiger partial charge on any atom is 0.234 e. The first-order chi connectivity index (χ1) is 9.43. The molecule has 6 nitrogen and oxygen atoms in total. The molecule has 0 aromatic carbocycles. The van der Waals surface area contributed by atoms with Gasteiger partial charge in [0.25, 0.3) is 0 Å². The first-order valence-corrected chi connectivity index (χ1v) is 6.79. The van der Waals surface area contributed by atoms with E-state index in [1.165, 1.54) is 0 Å². The van der Waals surface area contributed by atoms with Gasteiger partial charge >= 0.3 is 0 Å². The maximum absolute atomic E-state index is 12.0. The van der Waals surface area contributed by atoms with Crippen LogP contribution in [0.1, 0.15) is 32.6 Å². The minimum atomic E-state index is -0.556. The molecular formula is C14H24N2O4. The van der Waals surface area contributed by atoms with Crippen LogP contribution in [0.3, 0.4) is 0 Å². The maximum atomic E-state index is 12.0. The van der Waals surface area contributed by atoms with Gasteiger partial charge in [-0.2, -0.15) is 0 Å². The van der Waals surface area contributed by atoms with Crippen LogP contribution < -0.4 is 5.32 Å². The summed E-state index contributed by atoms with van der Waals surface area (Å²) in [5, 5.41) is 21.5. The Labute approximate surface area is 119 Å². The molecule has 0 saturated carbocycles. The van der Waals surface area contributed by atoms with Crippen molar-refractivity contribution in [3.05, 3.63) is 24.2 Å². The molecule has 6 heteroatoms. The van der Waals surface area contributed by atoms with E-state index < -0.39 is 6.10 Å². The lowest BCUT2D eigenvalue weighted by molar-refractivity contribution is -0.124. The second-order valence-corrected chi connectivity index (χ2v) is 5.11. The van der Waals surface area contributed by atoms with Gasteiger partial charge in [0, 0.05) is 12.6 Å². The number of carbonyl (C=O) groups excluding carboxylic acids is 1. The number of nitrogens with zero attached hydrogens (tertiary/aromatic N) is 1. The molecular weight excluding hydrogens is 260 g/mol. The third-order valence-corrected chi connectivity index (χ3v) is 3.08. The van der Waals surface area contributed by atoms with Crippen molar-refractivity contribution < 1.29 is 19.4 Å². The fourth-order valence-electron chi connectivity index (χ4n) is 1.94. The molecule has 3 atom stereocenters. The van der Waals surface area contributed by atoms with Gasteiger partial charge in [-0.3, -0.25) is 9.69 Å². The summed E-state index contributed by atoms with van der Waals surface area (Å²) in [6, 6.07) is 3.17. The van der Waals surface area contributed by atoms with E-state index in [2.05, 4.69) is 5.32 Å². The molecule has 0 aliphatic carbocycles. The molecule has 20 heavy (non-hydrogen) atoms. The number of nitrogens with one attached hydrogen (secondary N) is 1. The minimum absolute atomic E-state index is 0.0618. The summed E-state index contributed by atoms with van der Waals surface area (Å²) in [5.41, 5.74) is 0. The molecule has 0 radical (unpaired) electrons. The minimum Gasteiger partial charge on any atom is -0.467 e. The summed E-state index contributed by atoms with van der Waals surface area (Å²) in [7, 11) is 0. The van der Waals surface area contributed by atoms with Crippen LogP contribution in [-0.2, 0) is 4.79 Å². The highest BCUT2D eigenvalue weighted by molar-refractivity contribution is 5.78. The predicted octanol–water partition coefficient (Wildman–Crippen LogP) is 0.520. The topological polar surface area (TPSA) is 85.9 Å². The molecule has 0 fully saturated rings. The van der Waals surface area contributed by atoms with Crippen LogP contribution in [0.25, 0.3) is 0 Å². The molecule has 114 valence electrons. The summed E-state index contributed by atoms with van der Waals surface area (Å²) in [5.74, 6) is 0.519. The number of amides is 1. The Bertz CT molecular complexity index is 392. The monoisotopic (exact) mass is 284 g/mol. The van der Waals surface area contributed by atoms with Gasteiger partial charge in [0.15, 0.2) is 0 Å². The average Bonchev–Trinajstić information content (AvgIpc) is 2.90. The van der Waals surface area contributed by atoms with Gasteiger partial charge < -0.3 is 19.9 Å². The van der Waals surface area contributed by atoms with Crippen molar-refractivity contribution in [1.29, 1.82) is 0 Å². The molecule has 1 rings (SSSR count). The largest absolute Gasteiger partial charge is 0.467 e. The van der Waals surface area contributed by atoms with Crippen molar-refractivity contribution in [3.63, 3.8) is 0 Å². The summed E-state index contributed by atoms with van der Waals surface area (Å²) in [6.07, 6.45) is 1.00. The highest BCUT2D eigenvalue weighted by Crippen LogP contribution is 2.12. The Balaban J connectivity index is 2.53. The number of aliphatic hydroxyl groups excluding tert-OH is 2. The first-order valence-electron chi connectivity index (χ1n) is 6.79. The third kappa shape index (κ3) is 5.32.